The minimum atomic E-state index is -3.40. The molecule has 0 heterocycles. The number of anilines is 1. The Morgan fingerprint density at radius 2 is 1.76 bits per heavy atom. The van der Waals surface area contributed by atoms with Crippen LogP contribution in [0, 0.1) is 0 Å². The van der Waals surface area contributed by atoms with E-state index in [9.17, 15) is 8.42 Å². The van der Waals surface area contributed by atoms with Crippen molar-refractivity contribution in [3.05, 3.63) is 24.3 Å². The lowest BCUT2D eigenvalue weighted by molar-refractivity contribution is 0.354. The summed E-state index contributed by atoms with van der Waals surface area (Å²) in [5, 5.41) is 0. The first-order chi connectivity index (χ1) is 7.89. The van der Waals surface area contributed by atoms with Crippen molar-refractivity contribution in [3.8, 4) is 0 Å². The second-order valence-electron chi connectivity index (χ2n) is 4.28. The number of sulfonamides is 1. The van der Waals surface area contributed by atoms with E-state index in [1.807, 2.05) is 20.8 Å². The molecule has 0 radical (unpaired) electrons. The maximum Gasteiger partial charge on any atom is 0.243 e. The molecule has 0 amide bonds. The smallest absolute Gasteiger partial charge is 0.243 e. The highest BCUT2D eigenvalue weighted by Crippen LogP contribution is 2.19. The van der Waals surface area contributed by atoms with Gasteiger partial charge in [-0.05, 0) is 44.5 Å². The summed E-state index contributed by atoms with van der Waals surface area (Å²) in [6.07, 6.45) is 0.798. The van der Waals surface area contributed by atoms with Gasteiger partial charge in [0, 0.05) is 18.3 Å². The zero-order chi connectivity index (χ0) is 13.1. The summed E-state index contributed by atoms with van der Waals surface area (Å²) in [4.78, 5) is 0.300. The quantitative estimate of drug-likeness (QED) is 0.820. The average Bonchev–Trinajstić information content (AvgIpc) is 2.25. The van der Waals surface area contributed by atoms with Crippen molar-refractivity contribution in [2.45, 2.75) is 38.1 Å². The summed E-state index contributed by atoms with van der Waals surface area (Å²) >= 11 is 0. The van der Waals surface area contributed by atoms with Crippen LogP contribution in [0.4, 0.5) is 5.69 Å². The summed E-state index contributed by atoms with van der Waals surface area (Å²) in [5.74, 6) is 0. The van der Waals surface area contributed by atoms with Gasteiger partial charge in [-0.15, -0.1) is 0 Å². The van der Waals surface area contributed by atoms with Gasteiger partial charge < -0.3 is 5.73 Å². The van der Waals surface area contributed by atoms with Crippen molar-refractivity contribution in [1.29, 1.82) is 0 Å². The molecule has 0 unspecified atom stereocenters. The molecule has 1 aromatic rings. The number of nitrogens with zero attached hydrogens (tertiary/aromatic N) is 1. The molecule has 0 aliphatic heterocycles. The van der Waals surface area contributed by atoms with Gasteiger partial charge in [-0.1, -0.05) is 6.92 Å². The van der Waals surface area contributed by atoms with Crippen LogP contribution >= 0.6 is 0 Å². The van der Waals surface area contributed by atoms with Crippen molar-refractivity contribution in [2.24, 2.45) is 0 Å². The fraction of sp³-hybridized carbons (Fsp3) is 0.500. The van der Waals surface area contributed by atoms with Crippen LogP contribution in [0.15, 0.2) is 29.2 Å². The first-order valence-corrected chi connectivity index (χ1v) is 7.21. The summed E-state index contributed by atoms with van der Waals surface area (Å²) in [7, 11) is -3.40. The van der Waals surface area contributed by atoms with E-state index in [4.69, 9.17) is 5.73 Å². The predicted octanol–water partition coefficient (Wildman–Crippen LogP) is 2.08. The third-order valence-electron chi connectivity index (χ3n) is 2.51. The Labute approximate surface area is 103 Å². The molecule has 5 heteroatoms. The molecule has 0 saturated heterocycles. The zero-order valence-electron chi connectivity index (χ0n) is 10.6. The highest BCUT2D eigenvalue weighted by molar-refractivity contribution is 7.89. The van der Waals surface area contributed by atoms with E-state index in [0.717, 1.165) is 6.42 Å². The molecule has 2 N–H and O–H groups in total. The van der Waals surface area contributed by atoms with E-state index in [1.54, 1.807) is 24.3 Å². The molecule has 0 spiro atoms. The Bertz CT molecular complexity index is 452. The monoisotopic (exact) mass is 256 g/mol. The van der Waals surface area contributed by atoms with E-state index in [0.29, 0.717) is 17.1 Å². The van der Waals surface area contributed by atoms with Gasteiger partial charge >= 0.3 is 0 Å². The fourth-order valence-electron chi connectivity index (χ4n) is 1.65. The number of rotatable bonds is 5. The molecule has 0 saturated carbocycles. The van der Waals surface area contributed by atoms with Crippen LogP contribution in [0.2, 0.25) is 0 Å². The van der Waals surface area contributed by atoms with E-state index in [2.05, 4.69) is 0 Å². The Hall–Kier alpha value is -1.07. The molecule has 1 aromatic carbocycles. The topological polar surface area (TPSA) is 63.4 Å². The van der Waals surface area contributed by atoms with Gasteiger partial charge in [0.15, 0.2) is 0 Å². The Morgan fingerprint density at radius 1 is 1.24 bits per heavy atom. The van der Waals surface area contributed by atoms with E-state index < -0.39 is 10.0 Å². The Kier molecular flexibility index (Phi) is 4.54. The third-order valence-corrected chi connectivity index (χ3v) is 4.60. The van der Waals surface area contributed by atoms with Gasteiger partial charge in [0.1, 0.15) is 0 Å². The van der Waals surface area contributed by atoms with E-state index in [1.165, 1.54) is 4.31 Å². The summed E-state index contributed by atoms with van der Waals surface area (Å²) in [6, 6.07) is 6.28. The molecule has 0 aliphatic rings. The van der Waals surface area contributed by atoms with Crippen LogP contribution in [0.5, 0.6) is 0 Å². The van der Waals surface area contributed by atoms with Gasteiger partial charge in [-0.25, -0.2) is 8.42 Å². The SMILES string of the molecule is CCCN(C(C)C)S(=O)(=O)c1ccc(N)cc1. The summed E-state index contributed by atoms with van der Waals surface area (Å²) in [6.45, 7) is 6.26. The van der Waals surface area contributed by atoms with Crippen LogP contribution in [0.3, 0.4) is 0 Å². The highest BCUT2D eigenvalue weighted by atomic mass is 32.2. The third kappa shape index (κ3) is 3.20. The average molecular weight is 256 g/mol. The largest absolute Gasteiger partial charge is 0.399 e. The van der Waals surface area contributed by atoms with Crippen molar-refractivity contribution in [3.63, 3.8) is 0 Å². The number of hydrogen-bond acceptors (Lipinski definition) is 3. The lowest BCUT2D eigenvalue weighted by Crippen LogP contribution is -2.37. The molecule has 96 valence electrons. The van der Waals surface area contributed by atoms with E-state index >= 15 is 0 Å². The van der Waals surface area contributed by atoms with Gasteiger partial charge in [-0.2, -0.15) is 4.31 Å². The number of hydrogen-bond donors (Lipinski definition) is 1. The minimum absolute atomic E-state index is 0.0440. The van der Waals surface area contributed by atoms with Gasteiger partial charge in [0.05, 0.1) is 4.90 Å². The van der Waals surface area contributed by atoms with E-state index in [-0.39, 0.29) is 6.04 Å². The molecule has 1 rings (SSSR count). The normalized spacial score (nSPS) is 12.3. The van der Waals surface area contributed by atoms with Crippen molar-refractivity contribution >= 4 is 15.7 Å². The molecule has 17 heavy (non-hydrogen) atoms. The first-order valence-electron chi connectivity index (χ1n) is 5.77. The molecule has 4 nitrogen and oxygen atoms in total. The fourth-order valence-corrected chi connectivity index (χ4v) is 3.38. The molecule has 0 aliphatic carbocycles. The van der Waals surface area contributed by atoms with Crippen molar-refractivity contribution in [1.82, 2.24) is 4.31 Å². The maximum absolute atomic E-state index is 12.4. The second kappa shape index (κ2) is 5.51. The van der Waals surface area contributed by atoms with Crippen LogP contribution < -0.4 is 5.73 Å². The van der Waals surface area contributed by atoms with Crippen molar-refractivity contribution in [2.75, 3.05) is 12.3 Å². The van der Waals surface area contributed by atoms with Crippen LogP contribution in [-0.2, 0) is 10.0 Å². The van der Waals surface area contributed by atoms with Gasteiger partial charge in [0.25, 0.3) is 0 Å². The molecule has 0 atom stereocenters. The molecular weight excluding hydrogens is 236 g/mol. The number of nitrogens with two attached hydrogens (primary N) is 1. The lowest BCUT2D eigenvalue weighted by Gasteiger charge is -2.25. The molecular formula is C12H20N2O2S. The highest BCUT2D eigenvalue weighted by Gasteiger charge is 2.25. The Morgan fingerprint density at radius 3 is 2.18 bits per heavy atom. The lowest BCUT2D eigenvalue weighted by atomic mass is 10.3. The maximum atomic E-state index is 12.4. The standard InChI is InChI=1S/C12H20N2O2S/c1-4-9-14(10(2)3)17(15,16)12-7-5-11(13)6-8-12/h5-8,10H,4,9,13H2,1-3H3. The summed E-state index contributed by atoms with van der Waals surface area (Å²) < 4.78 is 26.2. The van der Waals surface area contributed by atoms with Crippen molar-refractivity contribution < 1.29 is 8.42 Å². The minimum Gasteiger partial charge on any atom is -0.399 e. The summed E-state index contributed by atoms with van der Waals surface area (Å²) in [5.41, 5.74) is 6.12. The molecule has 0 aromatic heterocycles. The van der Waals surface area contributed by atoms with Gasteiger partial charge in [-0.3, -0.25) is 0 Å². The predicted molar refractivity (Wildman–Crippen MR) is 70.2 cm³/mol. The first kappa shape index (κ1) is 14.0. The van der Waals surface area contributed by atoms with Crippen LogP contribution in [0.1, 0.15) is 27.2 Å². The molecule has 0 fully saturated rings. The number of nitrogen functional groups attached to an aromatic ring is 1. The zero-order valence-corrected chi connectivity index (χ0v) is 11.4. The molecule has 0 bridgehead atoms. The van der Waals surface area contributed by atoms with Crippen LogP contribution in [-0.4, -0.2) is 25.3 Å². The number of benzene rings is 1. The second-order valence-corrected chi connectivity index (χ2v) is 6.17. The Balaban J connectivity index is 3.12. The van der Waals surface area contributed by atoms with Crippen LogP contribution in [0.25, 0.3) is 0 Å². The van der Waals surface area contributed by atoms with Gasteiger partial charge in [0.2, 0.25) is 10.0 Å².